The number of nitrogens with one attached hydrogen (secondary N) is 1. The Balaban J connectivity index is 1.97. The summed E-state index contributed by atoms with van der Waals surface area (Å²) in [6.07, 6.45) is 1.61. The van der Waals surface area contributed by atoms with E-state index in [-0.39, 0.29) is 12.4 Å². The average Bonchev–Trinajstić information content (AvgIpc) is 2.93. The molecular weight excluding hydrogens is 346 g/mol. The van der Waals surface area contributed by atoms with E-state index in [4.69, 9.17) is 4.74 Å². The molecule has 142 valence electrons. The first kappa shape index (κ1) is 20.6. The lowest BCUT2D eigenvalue weighted by atomic mass is 10.1. The zero-order valence-electron chi connectivity index (χ0n) is 15.9. The van der Waals surface area contributed by atoms with Gasteiger partial charge in [0.05, 0.1) is 0 Å². The van der Waals surface area contributed by atoms with Gasteiger partial charge in [0.1, 0.15) is 23.3 Å². The molecule has 0 bridgehead atoms. The monoisotopic (exact) mass is 375 g/mol. The zero-order valence-corrected chi connectivity index (χ0v) is 16.7. The van der Waals surface area contributed by atoms with Gasteiger partial charge in [0.25, 0.3) is 0 Å². The van der Waals surface area contributed by atoms with Crippen molar-refractivity contribution >= 4 is 17.1 Å². The van der Waals surface area contributed by atoms with Crippen molar-refractivity contribution in [3.63, 3.8) is 0 Å². The van der Waals surface area contributed by atoms with Crippen molar-refractivity contribution in [2.75, 3.05) is 19.7 Å². The fourth-order valence-corrected chi connectivity index (χ4v) is 3.74. The van der Waals surface area contributed by atoms with E-state index in [9.17, 15) is 9.90 Å². The van der Waals surface area contributed by atoms with Gasteiger partial charge in [-0.15, -0.1) is 11.3 Å². The maximum atomic E-state index is 12.7. The lowest BCUT2D eigenvalue weighted by Gasteiger charge is -2.14. The van der Waals surface area contributed by atoms with Crippen molar-refractivity contribution in [2.24, 2.45) is 0 Å². The Morgan fingerprint density at radius 3 is 2.69 bits per heavy atom. The number of ether oxygens (including phenoxy) is 1. The molecule has 1 unspecified atom stereocenters. The van der Waals surface area contributed by atoms with Crippen LogP contribution in [0.15, 0.2) is 30.3 Å². The predicted molar refractivity (Wildman–Crippen MR) is 108 cm³/mol. The lowest BCUT2D eigenvalue weighted by Crippen LogP contribution is -2.32. The second-order valence-electron chi connectivity index (χ2n) is 6.52. The van der Waals surface area contributed by atoms with Crippen molar-refractivity contribution in [1.29, 1.82) is 0 Å². The Morgan fingerprint density at radius 2 is 2.00 bits per heavy atom. The summed E-state index contributed by atoms with van der Waals surface area (Å²) in [5.41, 5.74) is 2.15. The number of aliphatic hydroxyl groups excluding tert-OH is 1. The number of hydrogen-bond acceptors (Lipinski definition) is 5. The molecule has 0 saturated carbocycles. The molecule has 0 fully saturated rings. The molecule has 5 heteroatoms. The van der Waals surface area contributed by atoms with Gasteiger partial charge in [0.15, 0.2) is 5.78 Å². The largest absolute Gasteiger partial charge is 0.489 e. The summed E-state index contributed by atoms with van der Waals surface area (Å²) in [7, 11) is 0. The molecule has 1 aromatic carbocycles. The maximum absolute atomic E-state index is 12.7. The van der Waals surface area contributed by atoms with E-state index in [0.717, 1.165) is 35.4 Å². The van der Waals surface area contributed by atoms with Crippen LogP contribution in [0.25, 0.3) is 0 Å². The lowest BCUT2D eigenvalue weighted by molar-refractivity contribution is 0.0955. The standard InChI is InChI=1S/C21H29NO3S/c1-4-12-22-13-18(23)14-25-20-15(2)16(3)26-21(20)19(24)11-10-17-8-6-5-7-9-17/h5-9,18,22-23H,4,10-14H2,1-3H3. The van der Waals surface area contributed by atoms with Crippen molar-refractivity contribution in [3.05, 3.63) is 51.2 Å². The summed E-state index contributed by atoms with van der Waals surface area (Å²) in [5.74, 6) is 0.740. The van der Waals surface area contributed by atoms with E-state index in [1.54, 1.807) is 0 Å². The Kier molecular flexibility index (Phi) is 8.29. The molecule has 0 aliphatic rings. The molecule has 0 spiro atoms. The quantitative estimate of drug-likeness (QED) is 0.462. The van der Waals surface area contributed by atoms with Crippen molar-refractivity contribution in [1.82, 2.24) is 5.32 Å². The van der Waals surface area contributed by atoms with Crippen molar-refractivity contribution in [2.45, 2.75) is 46.1 Å². The van der Waals surface area contributed by atoms with Crippen LogP contribution in [0.4, 0.5) is 0 Å². The van der Waals surface area contributed by atoms with Crippen LogP contribution in [0.1, 0.15) is 45.4 Å². The summed E-state index contributed by atoms with van der Waals surface area (Å²) in [5, 5.41) is 13.2. The van der Waals surface area contributed by atoms with Crippen LogP contribution >= 0.6 is 11.3 Å². The molecule has 1 atom stereocenters. The molecule has 0 aliphatic carbocycles. The van der Waals surface area contributed by atoms with E-state index in [2.05, 4.69) is 12.2 Å². The van der Waals surface area contributed by atoms with Gasteiger partial charge >= 0.3 is 0 Å². The van der Waals surface area contributed by atoms with E-state index >= 15 is 0 Å². The molecule has 1 aromatic heterocycles. The van der Waals surface area contributed by atoms with E-state index in [1.807, 2.05) is 44.2 Å². The first-order valence-electron chi connectivity index (χ1n) is 9.21. The maximum Gasteiger partial charge on any atom is 0.176 e. The first-order chi connectivity index (χ1) is 12.5. The second-order valence-corrected chi connectivity index (χ2v) is 7.74. The van der Waals surface area contributed by atoms with Crippen LogP contribution in [0.3, 0.4) is 0 Å². The molecule has 26 heavy (non-hydrogen) atoms. The minimum absolute atomic E-state index is 0.101. The second kappa shape index (κ2) is 10.5. The zero-order chi connectivity index (χ0) is 18.9. The Hall–Kier alpha value is -1.69. The summed E-state index contributed by atoms with van der Waals surface area (Å²) in [4.78, 5) is 14.5. The highest BCUT2D eigenvalue weighted by atomic mass is 32.1. The van der Waals surface area contributed by atoms with Gasteiger partial charge in [-0.2, -0.15) is 0 Å². The fraction of sp³-hybridized carbons (Fsp3) is 0.476. The highest BCUT2D eigenvalue weighted by Gasteiger charge is 2.21. The average molecular weight is 376 g/mol. The third-order valence-electron chi connectivity index (χ3n) is 4.29. The van der Waals surface area contributed by atoms with Gasteiger partial charge < -0.3 is 15.2 Å². The van der Waals surface area contributed by atoms with E-state index in [0.29, 0.717) is 23.6 Å². The summed E-state index contributed by atoms with van der Waals surface area (Å²) in [6.45, 7) is 7.61. The Morgan fingerprint density at radius 1 is 1.27 bits per heavy atom. The van der Waals surface area contributed by atoms with Gasteiger partial charge in [-0.05, 0) is 38.8 Å². The van der Waals surface area contributed by atoms with Crippen LogP contribution in [-0.4, -0.2) is 36.7 Å². The number of carbonyl (C=O) groups is 1. The summed E-state index contributed by atoms with van der Waals surface area (Å²) < 4.78 is 5.85. The van der Waals surface area contributed by atoms with Crippen molar-refractivity contribution in [3.8, 4) is 5.75 Å². The number of ketones is 1. The SMILES string of the molecule is CCCNCC(O)COc1c(C(=O)CCc2ccccc2)sc(C)c1C. The molecule has 2 N–H and O–H groups in total. The molecule has 0 radical (unpaired) electrons. The molecular formula is C21H29NO3S. The smallest absolute Gasteiger partial charge is 0.176 e. The first-order valence-corrected chi connectivity index (χ1v) is 10.0. The van der Waals surface area contributed by atoms with E-state index < -0.39 is 6.10 Å². The molecule has 1 heterocycles. The Bertz CT molecular complexity index is 697. The minimum Gasteiger partial charge on any atom is -0.489 e. The number of benzene rings is 1. The normalized spacial score (nSPS) is 12.2. The highest BCUT2D eigenvalue weighted by molar-refractivity contribution is 7.14. The number of rotatable bonds is 11. The number of aryl methyl sites for hydroxylation is 2. The van der Waals surface area contributed by atoms with Crippen molar-refractivity contribution < 1.29 is 14.6 Å². The van der Waals surface area contributed by atoms with Gasteiger partial charge in [-0.25, -0.2) is 0 Å². The molecule has 2 aromatic rings. The summed E-state index contributed by atoms with van der Waals surface area (Å²) in [6, 6.07) is 10.0. The highest BCUT2D eigenvalue weighted by Crippen LogP contribution is 2.35. The molecule has 0 aliphatic heterocycles. The molecule has 0 amide bonds. The van der Waals surface area contributed by atoms with Crippen LogP contribution < -0.4 is 10.1 Å². The Labute approximate surface area is 160 Å². The fourth-order valence-electron chi connectivity index (χ4n) is 2.66. The predicted octanol–water partition coefficient (Wildman–Crippen LogP) is 3.92. The molecule has 2 rings (SSSR count). The van der Waals surface area contributed by atoms with Crippen LogP contribution in [-0.2, 0) is 6.42 Å². The van der Waals surface area contributed by atoms with Gasteiger partial charge in [-0.1, -0.05) is 37.3 Å². The third-order valence-corrected chi connectivity index (χ3v) is 5.52. The number of carbonyl (C=O) groups excluding carboxylic acids is 1. The van der Waals surface area contributed by atoms with E-state index in [1.165, 1.54) is 11.3 Å². The number of hydrogen-bond donors (Lipinski definition) is 2. The minimum atomic E-state index is -0.589. The van der Waals surface area contributed by atoms with Crippen LogP contribution in [0, 0.1) is 13.8 Å². The van der Waals surface area contributed by atoms with Crippen LogP contribution in [0.2, 0.25) is 0 Å². The topological polar surface area (TPSA) is 58.6 Å². The van der Waals surface area contributed by atoms with Crippen LogP contribution in [0.5, 0.6) is 5.75 Å². The summed E-state index contributed by atoms with van der Waals surface area (Å²) >= 11 is 1.49. The number of aliphatic hydroxyl groups is 1. The van der Waals surface area contributed by atoms with Gasteiger partial charge in [0.2, 0.25) is 0 Å². The number of thiophene rings is 1. The third kappa shape index (κ3) is 5.94. The molecule has 4 nitrogen and oxygen atoms in total. The number of Topliss-reactive ketones (excluding diaryl/α,β-unsaturated/α-hetero) is 1. The van der Waals surface area contributed by atoms with Gasteiger partial charge in [-0.3, -0.25) is 4.79 Å². The van der Waals surface area contributed by atoms with Gasteiger partial charge in [0, 0.05) is 23.4 Å². The molecule has 0 saturated heterocycles.